The number of likely N-dealkylation sites (N-methyl/N-ethyl adjacent to an activating group) is 1. The topological polar surface area (TPSA) is 49.7 Å². The minimum Gasteiger partial charge on any atom is -0.497 e. The summed E-state index contributed by atoms with van der Waals surface area (Å²) >= 11 is 8.23. The predicted octanol–water partition coefficient (Wildman–Crippen LogP) is 6.63. The van der Waals surface area contributed by atoms with Crippen molar-refractivity contribution in [1.29, 1.82) is 0 Å². The molecule has 0 saturated carbocycles. The molecule has 0 radical (unpaired) electrons. The summed E-state index contributed by atoms with van der Waals surface area (Å²) in [5, 5.41) is 5.01. The summed E-state index contributed by atoms with van der Waals surface area (Å²) in [5.41, 5.74) is 6.26. The number of aromatic nitrogens is 1. The number of nitrogens with zero attached hydrogens (tertiary/aromatic N) is 3. The molecule has 2 aromatic heterocycles. The van der Waals surface area contributed by atoms with Gasteiger partial charge >= 0.3 is 6.03 Å². The lowest BCUT2D eigenvalue weighted by Gasteiger charge is -2.32. The Labute approximate surface area is 226 Å². The van der Waals surface area contributed by atoms with Crippen molar-refractivity contribution in [2.45, 2.75) is 32.5 Å². The normalized spacial score (nSPS) is 17.0. The SMILES string of the molecule is COc1cccc([C@@H]2c3cccn3-c3sc4c(c3CN2C(=O)Nc2cccc(Cl)c2C)CCN(C)C4)c1. The molecular weight excluding hydrogens is 504 g/mol. The summed E-state index contributed by atoms with van der Waals surface area (Å²) in [4.78, 5) is 19.8. The number of hydrogen-bond acceptors (Lipinski definition) is 4. The number of urea groups is 1. The fraction of sp³-hybridized carbons (Fsp3) is 0.276. The first-order valence-corrected chi connectivity index (χ1v) is 13.6. The molecular formula is C29H29ClN4O2S. The van der Waals surface area contributed by atoms with Gasteiger partial charge in [0.1, 0.15) is 10.8 Å². The van der Waals surface area contributed by atoms with Crippen LogP contribution in [0.4, 0.5) is 10.5 Å². The maximum Gasteiger partial charge on any atom is 0.322 e. The Bertz CT molecular complexity index is 1490. The van der Waals surface area contributed by atoms with Crippen LogP contribution < -0.4 is 10.1 Å². The Kier molecular flexibility index (Phi) is 6.23. The molecule has 2 aromatic carbocycles. The number of carbonyl (C=O) groups excluding carboxylic acids is 1. The number of benzene rings is 2. The summed E-state index contributed by atoms with van der Waals surface area (Å²) in [7, 11) is 3.84. The Morgan fingerprint density at radius 1 is 1.11 bits per heavy atom. The van der Waals surface area contributed by atoms with Gasteiger partial charge in [-0.1, -0.05) is 29.8 Å². The van der Waals surface area contributed by atoms with Crippen molar-refractivity contribution in [2.24, 2.45) is 0 Å². The molecule has 2 amide bonds. The Morgan fingerprint density at radius 3 is 2.78 bits per heavy atom. The van der Waals surface area contributed by atoms with E-state index in [1.54, 1.807) is 7.11 Å². The molecule has 4 aromatic rings. The largest absolute Gasteiger partial charge is 0.497 e. The molecule has 0 spiro atoms. The van der Waals surface area contributed by atoms with Crippen LogP contribution in [0, 0.1) is 6.92 Å². The number of methoxy groups -OCH3 is 1. The first-order chi connectivity index (χ1) is 17.9. The van der Waals surface area contributed by atoms with Crippen LogP contribution >= 0.6 is 22.9 Å². The molecule has 8 heteroatoms. The summed E-state index contributed by atoms with van der Waals surface area (Å²) in [6.45, 7) is 4.40. The van der Waals surface area contributed by atoms with Crippen molar-refractivity contribution in [3.8, 4) is 10.8 Å². The molecule has 0 bridgehead atoms. The molecule has 2 aliphatic heterocycles. The molecule has 2 aliphatic rings. The molecule has 37 heavy (non-hydrogen) atoms. The molecule has 6 nitrogen and oxygen atoms in total. The Balaban J connectivity index is 1.51. The molecule has 0 fully saturated rings. The zero-order valence-electron chi connectivity index (χ0n) is 21.1. The Morgan fingerprint density at radius 2 is 1.95 bits per heavy atom. The van der Waals surface area contributed by atoms with Gasteiger partial charge in [0.15, 0.2) is 0 Å². The number of rotatable bonds is 3. The Hall–Kier alpha value is -3.26. The van der Waals surface area contributed by atoms with Gasteiger partial charge in [-0.15, -0.1) is 11.3 Å². The summed E-state index contributed by atoms with van der Waals surface area (Å²) in [5.74, 6) is 0.765. The van der Waals surface area contributed by atoms with E-state index in [1.165, 1.54) is 21.0 Å². The van der Waals surface area contributed by atoms with E-state index >= 15 is 0 Å². The highest BCUT2D eigenvalue weighted by atomic mass is 35.5. The number of thiophene rings is 1. The van der Waals surface area contributed by atoms with E-state index in [4.69, 9.17) is 16.3 Å². The fourth-order valence-electron chi connectivity index (χ4n) is 5.44. The van der Waals surface area contributed by atoms with Gasteiger partial charge in [-0.05, 0) is 73.5 Å². The molecule has 0 unspecified atom stereocenters. The maximum absolute atomic E-state index is 14.1. The smallest absolute Gasteiger partial charge is 0.322 e. The predicted molar refractivity (Wildman–Crippen MR) is 149 cm³/mol. The number of fused-ring (bicyclic) bond motifs is 5. The molecule has 1 N–H and O–H groups in total. The second-order valence-electron chi connectivity index (χ2n) is 9.73. The first-order valence-electron chi connectivity index (χ1n) is 12.4. The molecule has 4 heterocycles. The minimum absolute atomic E-state index is 0.160. The van der Waals surface area contributed by atoms with E-state index in [9.17, 15) is 4.79 Å². The number of hydrogen-bond donors (Lipinski definition) is 1. The number of halogens is 1. The monoisotopic (exact) mass is 532 g/mol. The number of anilines is 1. The van der Waals surface area contributed by atoms with Crippen molar-refractivity contribution in [2.75, 3.05) is 26.0 Å². The van der Waals surface area contributed by atoms with E-state index in [-0.39, 0.29) is 12.1 Å². The van der Waals surface area contributed by atoms with E-state index in [0.29, 0.717) is 11.6 Å². The third-order valence-corrected chi connectivity index (χ3v) is 9.10. The van der Waals surface area contributed by atoms with Crippen LogP contribution in [0.1, 0.15) is 38.9 Å². The highest BCUT2D eigenvalue weighted by Gasteiger charge is 2.36. The van der Waals surface area contributed by atoms with Gasteiger partial charge in [-0.25, -0.2) is 4.79 Å². The highest BCUT2D eigenvalue weighted by molar-refractivity contribution is 7.15. The van der Waals surface area contributed by atoms with Gasteiger partial charge in [0, 0.05) is 40.4 Å². The highest BCUT2D eigenvalue weighted by Crippen LogP contribution is 2.44. The second kappa shape index (κ2) is 9.56. The van der Waals surface area contributed by atoms with Gasteiger partial charge in [-0.2, -0.15) is 0 Å². The summed E-state index contributed by atoms with van der Waals surface area (Å²) < 4.78 is 7.83. The zero-order chi connectivity index (χ0) is 25.7. The summed E-state index contributed by atoms with van der Waals surface area (Å²) in [6, 6.07) is 17.3. The van der Waals surface area contributed by atoms with Crippen molar-refractivity contribution < 1.29 is 9.53 Å². The molecule has 1 atom stereocenters. The van der Waals surface area contributed by atoms with E-state index in [2.05, 4.69) is 46.2 Å². The maximum atomic E-state index is 14.1. The van der Waals surface area contributed by atoms with Crippen molar-refractivity contribution >= 4 is 34.7 Å². The average Bonchev–Trinajstić information content (AvgIpc) is 3.48. The van der Waals surface area contributed by atoms with Crippen LogP contribution in [-0.4, -0.2) is 41.1 Å². The quantitative estimate of drug-likeness (QED) is 0.322. The van der Waals surface area contributed by atoms with E-state index < -0.39 is 0 Å². The van der Waals surface area contributed by atoms with Gasteiger partial charge in [-0.3, -0.25) is 0 Å². The van der Waals surface area contributed by atoms with Crippen molar-refractivity contribution in [3.63, 3.8) is 0 Å². The van der Waals surface area contributed by atoms with Crippen LogP contribution in [-0.2, 0) is 19.5 Å². The third-order valence-electron chi connectivity index (χ3n) is 7.44. The third kappa shape index (κ3) is 4.21. The lowest BCUT2D eigenvalue weighted by molar-refractivity contribution is 0.194. The van der Waals surface area contributed by atoms with E-state index in [1.807, 2.05) is 59.6 Å². The van der Waals surface area contributed by atoms with Crippen LogP contribution in [0.2, 0.25) is 5.02 Å². The van der Waals surface area contributed by atoms with Crippen LogP contribution in [0.25, 0.3) is 5.00 Å². The minimum atomic E-state index is -0.300. The average molecular weight is 533 g/mol. The van der Waals surface area contributed by atoms with Crippen molar-refractivity contribution in [1.82, 2.24) is 14.4 Å². The number of ether oxygens (including phenoxy) is 1. The van der Waals surface area contributed by atoms with Crippen LogP contribution in [0.5, 0.6) is 5.75 Å². The second-order valence-corrected chi connectivity index (χ2v) is 11.2. The van der Waals surface area contributed by atoms with Gasteiger partial charge in [0.2, 0.25) is 0 Å². The van der Waals surface area contributed by atoms with Gasteiger partial charge in [0.05, 0.1) is 25.4 Å². The molecule has 190 valence electrons. The van der Waals surface area contributed by atoms with Gasteiger partial charge in [0.25, 0.3) is 0 Å². The molecule has 6 rings (SSSR count). The van der Waals surface area contributed by atoms with Gasteiger partial charge < -0.3 is 24.4 Å². The van der Waals surface area contributed by atoms with E-state index in [0.717, 1.165) is 47.8 Å². The lowest BCUT2D eigenvalue weighted by Crippen LogP contribution is -2.38. The van der Waals surface area contributed by atoms with Crippen LogP contribution in [0.3, 0.4) is 0 Å². The van der Waals surface area contributed by atoms with Crippen molar-refractivity contribution in [3.05, 3.63) is 98.6 Å². The number of carbonyl (C=O) groups is 1. The zero-order valence-corrected chi connectivity index (χ0v) is 22.7. The summed E-state index contributed by atoms with van der Waals surface area (Å²) in [6.07, 6.45) is 3.11. The molecule has 0 saturated heterocycles. The molecule has 0 aliphatic carbocycles. The standard InChI is InChI=1S/C29H29ClN4O2S/c1-18-23(30)9-5-10-24(18)31-29(35)34-16-22-21-12-14-32(2)17-26(21)37-28(22)33-13-6-11-25(33)27(34)19-7-4-8-20(15-19)36-3/h4-11,13,15,27H,12,14,16-17H2,1-3H3,(H,31,35)/t27-/m1/s1. The number of amides is 2. The fourth-order valence-corrected chi connectivity index (χ4v) is 7.06. The van der Waals surface area contributed by atoms with Crippen LogP contribution in [0.15, 0.2) is 60.8 Å². The number of nitrogens with one attached hydrogen (secondary N) is 1. The lowest BCUT2D eigenvalue weighted by atomic mass is 10.00. The first kappa shape index (κ1) is 24.1.